The van der Waals surface area contributed by atoms with Gasteiger partial charge in [-0.1, -0.05) is 0 Å². The Hall–Kier alpha value is -1.30. The third-order valence-electron chi connectivity index (χ3n) is 6.53. The number of nitrogens with zero attached hydrogens (tertiary/aromatic N) is 3. The van der Waals surface area contributed by atoms with E-state index in [1.807, 2.05) is 13.1 Å². The molecule has 3 rings (SSSR count). The Bertz CT molecular complexity index is 706. The van der Waals surface area contributed by atoms with Crippen molar-refractivity contribution in [2.24, 2.45) is 10.9 Å². The van der Waals surface area contributed by atoms with Crippen LogP contribution in [0.2, 0.25) is 0 Å². The molecule has 1 aromatic carbocycles. The third-order valence-corrected chi connectivity index (χ3v) is 6.53. The van der Waals surface area contributed by atoms with Gasteiger partial charge >= 0.3 is 0 Å². The number of aliphatic imine (C=N–C) groups is 1. The first-order valence-electron chi connectivity index (χ1n) is 11.8. The predicted molar refractivity (Wildman–Crippen MR) is 144 cm³/mol. The minimum absolute atomic E-state index is 0. The molecular formula is C24H42IN5O3. The van der Waals surface area contributed by atoms with Crippen LogP contribution < -0.4 is 20.1 Å². The van der Waals surface area contributed by atoms with Crippen LogP contribution in [0.4, 0.5) is 0 Å². The Morgan fingerprint density at radius 3 is 2.27 bits per heavy atom. The summed E-state index contributed by atoms with van der Waals surface area (Å²) in [6.45, 7) is 8.12. The zero-order valence-electron chi connectivity index (χ0n) is 20.6. The normalized spacial score (nSPS) is 20.4. The lowest BCUT2D eigenvalue weighted by molar-refractivity contribution is 0.121. The zero-order chi connectivity index (χ0) is 22.8. The molecule has 2 aliphatic rings. The number of piperidine rings is 1. The van der Waals surface area contributed by atoms with Gasteiger partial charge in [-0.05, 0) is 56.0 Å². The second-order valence-corrected chi connectivity index (χ2v) is 8.82. The summed E-state index contributed by atoms with van der Waals surface area (Å²) >= 11 is 0. The molecule has 188 valence electrons. The molecular weight excluding hydrogens is 533 g/mol. The highest BCUT2D eigenvalue weighted by Gasteiger charge is 2.24. The Morgan fingerprint density at radius 1 is 1.00 bits per heavy atom. The Morgan fingerprint density at radius 2 is 1.67 bits per heavy atom. The van der Waals surface area contributed by atoms with Gasteiger partial charge in [-0.15, -0.1) is 24.0 Å². The van der Waals surface area contributed by atoms with E-state index in [9.17, 15) is 0 Å². The number of hydrogen-bond acceptors (Lipinski definition) is 6. The van der Waals surface area contributed by atoms with Crippen LogP contribution in [0.5, 0.6) is 11.5 Å². The van der Waals surface area contributed by atoms with Gasteiger partial charge in [0.2, 0.25) is 0 Å². The Kier molecular flexibility index (Phi) is 12.6. The van der Waals surface area contributed by atoms with Crippen molar-refractivity contribution in [3.63, 3.8) is 0 Å². The molecule has 2 heterocycles. The highest BCUT2D eigenvalue weighted by atomic mass is 127. The van der Waals surface area contributed by atoms with E-state index in [1.165, 1.54) is 18.4 Å². The highest BCUT2D eigenvalue weighted by molar-refractivity contribution is 14.0. The van der Waals surface area contributed by atoms with Crippen molar-refractivity contribution in [1.29, 1.82) is 0 Å². The molecule has 1 aromatic rings. The number of guanidine groups is 1. The number of ether oxygens (including phenoxy) is 3. The minimum atomic E-state index is 0. The molecule has 8 nitrogen and oxygen atoms in total. The summed E-state index contributed by atoms with van der Waals surface area (Å²) in [6, 6.07) is 6.50. The fourth-order valence-electron chi connectivity index (χ4n) is 4.57. The number of likely N-dealkylation sites (tertiary alicyclic amines) is 2. The van der Waals surface area contributed by atoms with Gasteiger partial charge in [0.05, 0.1) is 20.8 Å². The van der Waals surface area contributed by atoms with E-state index in [0.29, 0.717) is 12.0 Å². The molecule has 33 heavy (non-hydrogen) atoms. The third kappa shape index (κ3) is 9.11. The lowest BCUT2D eigenvalue weighted by Crippen LogP contribution is -2.47. The molecule has 2 saturated heterocycles. The van der Waals surface area contributed by atoms with Gasteiger partial charge in [0, 0.05) is 59.0 Å². The van der Waals surface area contributed by atoms with Gasteiger partial charge < -0.3 is 29.7 Å². The number of benzene rings is 1. The number of nitrogens with one attached hydrogen (secondary N) is 2. The second kappa shape index (κ2) is 14.9. The fourth-order valence-corrected chi connectivity index (χ4v) is 4.57. The molecule has 0 saturated carbocycles. The van der Waals surface area contributed by atoms with Crippen molar-refractivity contribution in [3.05, 3.63) is 23.8 Å². The smallest absolute Gasteiger partial charge is 0.191 e. The van der Waals surface area contributed by atoms with Gasteiger partial charge in [0.25, 0.3) is 0 Å². The summed E-state index contributed by atoms with van der Waals surface area (Å²) in [6.07, 6.45) is 3.57. The summed E-state index contributed by atoms with van der Waals surface area (Å²) in [4.78, 5) is 9.43. The van der Waals surface area contributed by atoms with E-state index in [-0.39, 0.29) is 24.0 Å². The first kappa shape index (κ1) is 27.9. The lowest BCUT2D eigenvalue weighted by atomic mass is 9.97. The molecule has 0 aromatic heterocycles. The van der Waals surface area contributed by atoms with Gasteiger partial charge in [-0.25, -0.2) is 0 Å². The van der Waals surface area contributed by atoms with Crippen LogP contribution in [0.25, 0.3) is 0 Å². The highest BCUT2D eigenvalue weighted by Crippen LogP contribution is 2.24. The van der Waals surface area contributed by atoms with Gasteiger partial charge in [0.15, 0.2) is 5.96 Å². The van der Waals surface area contributed by atoms with E-state index in [1.54, 1.807) is 21.3 Å². The lowest BCUT2D eigenvalue weighted by Gasteiger charge is -2.32. The molecule has 1 unspecified atom stereocenters. The largest absolute Gasteiger partial charge is 0.497 e. The van der Waals surface area contributed by atoms with Gasteiger partial charge in [-0.3, -0.25) is 9.89 Å². The first-order chi connectivity index (χ1) is 15.6. The van der Waals surface area contributed by atoms with Crippen LogP contribution in [-0.2, 0) is 11.3 Å². The van der Waals surface area contributed by atoms with Crippen molar-refractivity contribution < 1.29 is 14.2 Å². The van der Waals surface area contributed by atoms with Crippen LogP contribution in [0.1, 0.15) is 24.8 Å². The molecule has 2 aliphatic heterocycles. The van der Waals surface area contributed by atoms with Crippen LogP contribution in [0.3, 0.4) is 0 Å². The fraction of sp³-hybridized carbons (Fsp3) is 0.708. The maximum atomic E-state index is 5.41. The first-order valence-corrected chi connectivity index (χ1v) is 11.8. The standard InChI is InChI=1S/C24H41N5O3.HI/c1-25-24(26-16-19-5-8-28(9-6-19)11-12-30-2)27-21-7-10-29(18-21)17-20-13-22(31-3)15-23(14-20)32-4;/h13-15,19,21H,5-12,16-18H2,1-4H3,(H2,25,26,27);1H. The average molecular weight is 576 g/mol. The Balaban J connectivity index is 0.00000385. The van der Waals surface area contributed by atoms with Gasteiger partial charge in [0.1, 0.15) is 11.5 Å². The monoisotopic (exact) mass is 575 g/mol. The predicted octanol–water partition coefficient (Wildman–Crippen LogP) is 2.42. The molecule has 0 aliphatic carbocycles. The summed E-state index contributed by atoms with van der Waals surface area (Å²) < 4.78 is 16.0. The SMILES string of the molecule is CN=C(NCC1CCN(CCOC)CC1)NC1CCN(Cc2cc(OC)cc(OC)c2)C1.I. The van der Waals surface area contributed by atoms with Crippen molar-refractivity contribution in [1.82, 2.24) is 20.4 Å². The summed E-state index contributed by atoms with van der Waals surface area (Å²) in [5.74, 6) is 3.29. The molecule has 2 N–H and O–H groups in total. The summed E-state index contributed by atoms with van der Waals surface area (Å²) in [7, 11) is 7.02. The van der Waals surface area contributed by atoms with Crippen LogP contribution in [-0.4, -0.2) is 96.1 Å². The van der Waals surface area contributed by atoms with E-state index in [2.05, 4.69) is 37.6 Å². The van der Waals surface area contributed by atoms with Crippen LogP contribution in [0, 0.1) is 5.92 Å². The minimum Gasteiger partial charge on any atom is -0.497 e. The van der Waals surface area contributed by atoms with Gasteiger partial charge in [-0.2, -0.15) is 0 Å². The second-order valence-electron chi connectivity index (χ2n) is 8.82. The van der Waals surface area contributed by atoms with Crippen LogP contribution in [0.15, 0.2) is 23.2 Å². The molecule has 1 atom stereocenters. The molecule has 0 amide bonds. The molecule has 0 spiro atoms. The molecule has 0 radical (unpaired) electrons. The van der Waals surface area contributed by atoms with E-state index < -0.39 is 0 Å². The summed E-state index contributed by atoms with van der Waals surface area (Å²) in [5.41, 5.74) is 1.21. The van der Waals surface area contributed by atoms with Crippen molar-refractivity contribution in [2.75, 3.05) is 74.3 Å². The number of rotatable bonds is 10. The number of halogens is 1. The quantitative estimate of drug-likeness (QED) is 0.252. The van der Waals surface area contributed by atoms with Crippen LogP contribution >= 0.6 is 24.0 Å². The maximum absolute atomic E-state index is 5.41. The van der Waals surface area contributed by atoms with Crippen molar-refractivity contribution in [2.45, 2.75) is 31.8 Å². The number of hydrogen-bond donors (Lipinski definition) is 2. The zero-order valence-corrected chi connectivity index (χ0v) is 23.0. The molecule has 9 heteroatoms. The average Bonchev–Trinajstić information content (AvgIpc) is 3.27. The molecule has 0 bridgehead atoms. The summed E-state index contributed by atoms with van der Waals surface area (Å²) in [5, 5.41) is 7.19. The van der Waals surface area contributed by atoms with E-state index >= 15 is 0 Å². The topological polar surface area (TPSA) is 70.6 Å². The van der Waals surface area contributed by atoms with E-state index in [0.717, 1.165) is 76.3 Å². The maximum Gasteiger partial charge on any atom is 0.191 e. The van der Waals surface area contributed by atoms with Crippen molar-refractivity contribution >= 4 is 29.9 Å². The number of methoxy groups -OCH3 is 3. The Labute approximate surface area is 216 Å². The van der Waals surface area contributed by atoms with Crippen molar-refractivity contribution in [3.8, 4) is 11.5 Å². The van der Waals surface area contributed by atoms with E-state index in [4.69, 9.17) is 14.2 Å². The molecule has 2 fully saturated rings.